The molecule has 0 aromatic heterocycles. The van der Waals surface area contributed by atoms with Gasteiger partial charge in [0.2, 0.25) is 0 Å². The number of benzene rings is 2. The van der Waals surface area contributed by atoms with E-state index in [1.54, 1.807) is 0 Å². The number of fused-ring (bicyclic) bond motifs is 1. The van der Waals surface area contributed by atoms with E-state index < -0.39 is 0 Å². The fourth-order valence-electron chi connectivity index (χ4n) is 4.13. The number of hydrogen-bond acceptors (Lipinski definition) is 3. The lowest BCUT2D eigenvalue weighted by Gasteiger charge is -2.37. The van der Waals surface area contributed by atoms with E-state index in [9.17, 15) is 4.79 Å². The fourth-order valence-corrected chi connectivity index (χ4v) is 4.13. The molecule has 2 aliphatic heterocycles. The molecule has 4 rings (SSSR count). The van der Waals surface area contributed by atoms with Crippen molar-refractivity contribution in [1.82, 2.24) is 10.2 Å². The summed E-state index contributed by atoms with van der Waals surface area (Å²) < 4.78 is 6.06. The van der Waals surface area contributed by atoms with Crippen LogP contribution in [0.3, 0.4) is 0 Å². The molecule has 27 heavy (non-hydrogen) atoms. The molecule has 0 aliphatic carbocycles. The molecule has 4 heteroatoms. The Morgan fingerprint density at radius 2 is 1.81 bits per heavy atom. The van der Waals surface area contributed by atoms with E-state index >= 15 is 0 Å². The molecular formula is C23H28N2O2. The highest BCUT2D eigenvalue weighted by Gasteiger charge is 2.34. The molecule has 2 aromatic rings. The monoisotopic (exact) mass is 364 g/mol. The zero-order valence-electron chi connectivity index (χ0n) is 16.2. The first kappa shape index (κ1) is 18.1. The second kappa shape index (κ2) is 7.35. The summed E-state index contributed by atoms with van der Waals surface area (Å²) >= 11 is 0. The third-order valence-corrected chi connectivity index (χ3v) is 5.50. The van der Waals surface area contributed by atoms with Gasteiger partial charge in [-0.15, -0.1) is 0 Å². The minimum Gasteiger partial charge on any atom is -0.487 e. The second-order valence-corrected chi connectivity index (χ2v) is 8.31. The highest BCUT2D eigenvalue weighted by Crippen LogP contribution is 2.39. The average Bonchev–Trinajstić information content (AvgIpc) is 3.14. The van der Waals surface area contributed by atoms with Crippen molar-refractivity contribution in [1.29, 1.82) is 0 Å². The van der Waals surface area contributed by atoms with Crippen molar-refractivity contribution in [3.8, 4) is 5.75 Å². The summed E-state index contributed by atoms with van der Waals surface area (Å²) in [5.74, 6) is 0.834. The molecule has 0 spiro atoms. The molecule has 0 radical (unpaired) electrons. The predicted molar refractivity (Wildman–Crippen MR) is 107 cm³/mol. The van der Waals surface area contributed by atoms with Crippen LogP contribution in [0.15, 0.2) is 48.5 Å². The second-order valence-electron chi connectivity index (χ2n) is 8.31. The van der Waals surface area contributed by atoms with Gasteiger partial charge in [-0.3, -0.25) is 9.69 Å². The van der Waals surface area contributed by atoms with E-state index in [2.05, 4.69) is 36.2 Å². The number of amides is 1. The van der Waals surface area contributed by atoms with Crippen molar-refractivity contribution in [3.63, 3.8) is 0 Å². The van der Waals surface area contributed by atoms with Gasteiger partial charge in [-0.2, -0.15) is 0 Å². The molecule has 0 saturated carbocycles. The number of nitrogens with zero attached hydrogens (tertiary/aromatic N) is 1. The Labute approximate surface area is 161 Å². The molecule has 1 saturated heterocycles. The van der Waals surface area contributed by atoms with E-state index in [1.807, 2.05) is 36.4 Å². The van der Waals surface area contributed by atoms with E-state index in [0.29, 0.717) is 5.56 Å². The maximum atomic E-state index is 12.8. The summed E-state index contributed by atoms with van der Waals surface area (Å²) in [7, 11) is 0. The van der Waals surface area contributed by atoms with Gasteiger partial charge < -0.3 is 10.1 Å². The van der Waals surface area contributed by atoms with Crippen LogP contribution in [0, 0.1) is 0 Å². The number of carbonyl (C=O) groups is 1. The van der Waals surface area contributed by atoms with Gasteiger partial charge in [0.05, 0.1) is 6.04 Å². The summed E-state index contributed by atoms with van der Waals surface area (Å²) in [6.07, 6.45) is 3.34. The van der Waals surface area contributed by atoms with Crippen LogP contribution in [0.4, 0.5) is 0 Å². The van der Waals surface area contributed by atoms with Crippen LogP contribution in [-0.4, -0.2) is 29.5 Å². The number of carbonyl (C=O) groups excluding carboxylic acids is 1. The molecule has 0 unspecified atom stereocenters. The molecule has 1 amide bonds. The number of hydrogen-bond donors (Lipinski definition) is 1. The summed E-state index contributed by atoms with van der Waals surface area (Å²) in [5, 5.41) is 3.21. The van der Waals surface area contributed by atoms with Gasteiger partial charge in [-0.25, -0.2) is 0 Å². The maximum absolute atomic E-state index is 12.8. The molecule has 142 valence electrons. The summed E-state index contributed by atoms with van der Waals surface area (Å²) in [5.41, 5.74) is 2.73. The van der Waals surface area contributed by atoms with Gasteiger partial charge in [0.1, 0.15) is 11.4 Å². The first-order valence-corrected chi connectivity index (χ1v) is 9.90. The summed E-state index contributed by atoms with van der Waals surface area (Å²) in [6, 6.07) is 16.0. The summed E-state index contributed by atoms with van der Waals surface area (Å²) in [6.45, 7) is 7.47. The summed E-state index contributed by atoms with van der Waals surface area (Å²) in [4.78, 5) is 15.3. The number of ether oxygens (including phenoxy) is 1. The molecule has 1 fully saturated rings. The van der Waals surface area contributed by atoms with Crippen molar-refractivity contribution in [3.05, 3.63) is 65.2 Å². The van der Waals surface area contributed by atoms with Crippen molar-refractivity contribution < 1.29 is 9.53 Å². The minimum absolute atomic E-state index is 0.0276. The zero-order chi connectivity index (χ0) is 18.9. The lowest BCUT2D eigenvalue weighted by molar-refractivity contribution is 0.0619. The molecule has 2 aliphatic rings. The normalized spacial score (nSPS) is 21.3. The van der Waals surface area contributed by atoms with Gasteiger partial charge in [0, 0.05) is 24.1 Å². The van der Waals surface area contributed by atoms with E-state index in [0.717, 1.165) is 24.3 Å². The standard InChI is InChI=1S/C23H28N2O2/c1-23(2)15-20(19-7-3-4-8-21(19)27-23)24-22(26)18-11-9-17(10-12-18)16-25-13-5-6-14-25/h3-4,7-12,20H,5-6,13-16H2,1-2H3,(H,24,26)/t20-/m1/s1. The van der Waals surface area contributed by atoms with Gasteiger partial charge >= 0.3 is 0 Å². The Balaban J connectivity index is 1.45. The maximum Gasteiger partial charge on any atom is 0.251 e. The topological polar surface area (TPSA) is 41.6 Å². The highest BCUT2D eigenvalue weighted by molar-refractivity contribution is 5.94. The third kappa shape index (κ3) is 4.16. The smallest absolute Gasteiger partial charge is 0.251 e. The van der Waals surface area contributed by atoms with E-state index in [1.165, 1.54) is 31.5 Å². The highest BCUT2D eigenvalue weighted by atomic mass is 16.5. The first-order valence-electron chi connectivity index (χ1n) is 9.90. The van der Waals surface area contributed by atoms with Gasteiger partial charge in [-0.05, 0) is 63.5 Å². The van der Waals surface area contributed by atoms with E-state index in [4.69, 9.17) is 4.74 Å². The lowest BCUT2D eigenvalue weighted by Crippen LogP contribution is -2.41. The van der Waals surface area contributed by atoms with Crippen LogP contribution in [0.1, 0.15) is 60.6 Å². The van der Waals surface area contributed by atoms with E-state index in [-0.39, 0.29) is 17.6 Å². The predicted octanol–water partition coefficient (Wildman–Crippen LogP) is 4.31. The lowest BCUT2D eigenvalue weighted by atomic mass is 9.89. The molecule has 0 bridgehead atoms. The van der Waals surface area contributed by atoms with Crippen LogP contribution in [0.25, 0.3) is 0 Å². The Hall–Kier alpha value is -2.33. The van der Waals surface area contributed by atoms with Crippen LogP contribution in [0.5, 0.6) is 5.75 Å². The van der Waals surface area contributed by atoms with Gasteiger partial charge in [-0.1, -0.05) is 30.3 Å². The van der Waals surface area contributed by atoms with Crippen LogP contribution in [-0.2, 0) is 6.54 Å². The van der Waals surface area contributed by atoms with Gasteiger partial charge in [0.25, 0.3) is 5.91 Å². The Kier molecular flexibility index (Phi) is 4.92. The fraction of sp³-hybridized carbons (Fsp3) is 0.435. The zero-order valence-corrected chi connectivity index (χ0v) is 16.2. The van der Waals surface area contributed by atoms with Crippen molar-refractivity contribution in [2.24, 2.45) is 0 Å². The number of nitrogens with one attached hydrogen (secondary N) is 1. The number of rotatable bonds is 4. The molecule has 2 heterocycles. The SMILES string of the molecule is CC1(C)C[C@@H](NC(=O)c2ccc(CN3CCCC3)cc2)c2ccccc2O1. The Bertz CT molecular complexity index is 807. The minimum atomic E-state index is -0.300. The van der Waals surface area contributed by atoms with Gasteiger partial charge in [0.15, 0.2) is 0 Å². The Morgan fingerprint density at radius 3 is 2.56 bits per heavy atom. The third-order valence-electron chi connectivity index (χ3n) is 5.50. The number of likely N-dealkylation sites (tertiary alicyclic amines) is 1. The Morgan fingerprint density at radius 1 is 1.11 bits per heavy atom. The largest absolute Gasteiger partial charge is 0.487 e. The molecule has 1 atom stereocenters. The first-order chi connectivity index (χ1) is 13.0. The quantitative estimate of drug-likeness (QED) is 0.879. The van der Waals surface area contributed by atoms with Crippen molar-refractivity contribution in [2.75, 3.05) is 13.1 Å². The van der Waals surface area contributed by atoms with Crippen LogP contribution >= 0.6 is 0 Å². The average molecular weight is 364 g/mol. The molecular weight excluding hydrogens is 336 g/mol. The molecule has 2 aromatic carbocycles. The number of para-hydroxylation sites is 1. The van der Waals surface area contributed by atoms with Crippen molar-refractivity contribution in [2.45, 2.75) is 51.3 Å². The van der Waals surface area contributed by atoms with Crippen molar-refractivity contribution >= 4 is 5.91 Å². The molecule has 1 N–H and O–H groups in total. The van der Waals surface area contributed by atoms with Crippen LogP contribution < -0.4 is 10.1 Å². The molecule has 4 nitrogen and oxygen atoms in total. The van der Waals surface area contributed by atoms with Crippen LogP contribution in [0.2, 0.25) is 0 Å².